The van der Waals surface area contributed by atoms with Crippen LogP contribution in [0.25, 0.3) is 6.08 Å². The van der Waals surface area contributed by atoms with Crippen LogP contribution in [0.5, 0.6) is 5.75 Å². The number of carbonyl (C=O) groups excluding carboxylic acids is 1. The minimum Gasteiger partial charge on any atom is -0.507 e. The van der Waals surface area contributed by atoms with Gasteiger partial charge in [-0.05, 0) is 48.0 Å². The van der Waals surface area contributed by atoms with Crippen LogP contribution >= 0.6 is 0 Å². The first-order valence-electron chi connectivity index (χ1n) is 6.65. The van der Waals surface area contributed by atoms with Gasteiger partial charge in [0.1, 0.15) is 5.75 Å². The second-order valence-corrected chi connectivity index (χ2v) is 4.76. The first-order valence-corrected chi connectivity index (χ1v) is 6.65. The molecule has 6 nitrogen and oxygen atoms in total. The standard InChI is InChI=1S/C16H18N4O2/c17-9-11-8-12(18)2-4-14(11)20-16(22)6-1-10-7-13(19)3-5-15(10)21/h1-8,21H,9,17-19H2,(H,20,22). The van der Waals surface area contributed by atoms with Gasteiger partial charge >= 0.3 is 0 Å². The van der Waals surface area contributed by atoms with Gasteiger partial charge in [-0.2, -0.15) is 0 Å². The van der Waals surface area contributed by atoms with E-state index in [1.807, 2.05) is 0 Å². The summed E-state index contributed by atoms with van der Waals surface area (Å²) in [5.41, 5.74) is 19.8. The molecule has 2 rings (SSSR count). The fourth-order valence-electron chi connectivity index (χ4n) is 1.95. The number of carbonyl (C=O) groups is 1. The number of aromatic hydroxyl groups is 1. The fraction of sp³-hybridized carbons (Fsp3) is 0.0625. The molecular formula is C16H18N4O2. The van der Waals surface area contributed by atoms with Crippen molar-refractivity contribution in [2.75, 3.05) is 16.8 Å². The molecule has 0 saturated carbocycles. The molecule has 0 aromatic heterocycles. The van der Waals surface area contributed by atoms with Crippen molar-refractivity contribution in [2.24, 2.45) is 5.73 Å². The van der Waals surface area contributed by atoms with E-state index in [0.717, 1.165) is 5.56 Å². The lowest BCUT2D eigenvalue weighted by atomic mass is 10.1. The summed E-state index contributed by atoms with van der Waals surface area (Å²) in [4.78, 5) is 12.0. The summed E-state index contributed by atoms with van der Waals surface area (Å²) in [6, 6.07) is 9.72. The van der Waals surface area contributed by atoms with Crippen molar-refractivity contribution in [3.8, 4) is 5.75 Å². The average Bonchev–Trinajstić information content (AvgIpc) is 2.50. The molecule has 0 aliphatic heterocycles. The number of nitrogens with one attached hydrogen (secondary N) is 1. The van der Waals surface area contributed by atoms with Crippen molar-refractivity contribution in [3.05, 3.63) is 53.6 Å². The van der Waals surface area contributed by atoms with Gasteiger partial charge in [0.25, 0.3) is 0 Å². The van der Waals surface area contributed by atoms with E-state index < -0.39 is 0 Å². The van der Waals surface area contributed by atoms with Gasteiger partial charge in [-0.15, -0.1) is 0 Å². The number of nitrogen functional groups attached to an aromatic ring is 2. The van der Waals surface area contributed by atoms with Crippen LogP contribution in [-0.4, -0.2) is 11.0 Å². The molecule has 0 heterocycles. The Morgan fingerprint density at radius 1 is 1.14 bits per heavy atom. The summed E-state index contributed by atoms with van der Waals surface area (Å²) < 4.78 is 0. The molecule has 22 heavy (non-hydrogen) atoms. The molecule has 0 aliphatic rings. The van der Waals surface area contributed by atoms with Gasteiger partial charge in [-0.3, -0.25) is 4.79 Å². The van der Waals surface area contributed by atoms with Crippen LogP contribution in [-0.2, 0) is 11.3 Å². The van der Waals surface area contributed by atoms with Crippen LogP contribution in [0.2, 0.25) is 0 Å². The van der Waals surface area contributed by atoms with Gasteiger partial charge in [-0.1, -0.05) is 0 Å². The molecule has 8 N–H and O–H groups in total. The highest BCUT2D eigenvalue weighted by Gasteiger charge is 2.05. The highest BCUT2D eigenvalue weighted by atomic mass is 16.3. The van der Waals surface area contributed by atoms with E-state index in [1.54, 1.807) is 30.3 Å². The maximum atomic E-state index is 12.0. The average molecular weight is 298 g/mol. The summed E-state index contributed by atoms with van der Waals surface area (Å²) in [5, 5.41) is 12.4. The molecule has 2 aromatic carbocycles. The number of phenols is 1. The zero-order valence-corrected chi connectivity index (χ0v) is 11.9. The van der Waals surface area contributed by atoms with E-state index in [9.17, 15) is 9.90 Å². The Kier molecular flexibility index (Phi) is 4.65. The van der Waals surface area contributed by atoms with Crippen molar-refractivity contribution in [3.63, 3.8) is 0 Å². The van der Waals surface area contributed by atoms with E-state index in [2.05, 4.69) is 5.32 Å². The van der Waals surface area contributed by atoms with Crippen molar-refractivity contribution in [1.29, 1.82) is 0 Å². The van der Waals surface area contributed by atoms with Gasteiger partial charge in [0, 0.05) is 35.2 Å². The SMILES string of the molecule is NCc1cc(N)ccc1NC(=O)C=Cc1cc(N)ccc1O. The molecule has 2 aromatic rings. The minimum atomic E-state index is -0.346. The second-order valence-electron chi connectivity index (χ2n) is 4.76. The fourth-order valence-corrected chi connectivity index (χ4v) is 1.95. The largest absolute Gasteiger partial charge is 0.507 e. The highest BCUT2D eigenvalue weighted by molar-refractivity contribution is 6.02. The molecular weight excluding hydrogens is 280 g/mol. The molecule has 6 heteroatoms. The van der Waals surface area contributed by atoms with Crippen molar-refractivity contribution < 1.29 is 9.90 Å². The van der Waals surface area contributed by atoms with Gasteiger partial charge in [0.15, 0.2) is 0 Å². The third-order valence-corrected chi connectivity index (χ3v) is 3.07. The molecule has 0 aliphatic carbocycles. The third-order valence-electron chi connectivity index (χ3n) is 3.07. The summed E-state index contributed by atoms with van der Waals surface area (Å²) in [6.45, 7) is 0.264. The normalized spacial score (nSPS) is 10.8. The smallest absolute Gasteiger partial charge is 0.248 e. The topological polar surface area (TPSA) is 127 Å². The van der Waals surface area contributed by atoms with Gasteiger partial charge in [-0.25, -0.2) is 0 Å². The Balaban J connectivity index is 2.13. The Bertz CT molecular complexity index is 726. The zero-order valence-electron chi connectivity index (χ0n) is 11.9. The summed E-state index contributed by atoms with van der Waals surface area (Å²) >= 11 is 0. The first-order chi connectivity index (χ1) is 10.5. The monoisotopic (exact) mass is 298 g/mol. The van der Waals surface area contributed by atoms with E-state index >= 15 is 0 Å². The van der Waals surface area contributed by atoms with E-state index in [0.29, 0.717) is 22.6 Å². The van der Waals surface area contributed by atoms with E-state index in [4.69, 9.17) is 17.2 Å². The molecule has 0 radical (unpaired) electrons. The predicted molar refractivity (Wildman–Crippen MR) is 88.9 cm³/mol. The van der Waals surface area contributed by atoms with Gasteiger partial charge < -0.3 is 27.6 Å². The van der Waals surface area contributed by atoms with Gasteiger partial charge in [0.05, 0.1) is 0 Å². The summed E-state index contributed by atoms with van der Waals surface area (Å²) in [6.07, 6.45) is 2.80. The summed E-state index contributed by atoms with van der Waals surface area (Å²) in [7, 11) is 0. The van der Waals surface area contributed by atoms with Crippen LogP contribution in [0, 0.1) is 0 Å². The number of nitrogens with two attached hydrogens (primary N) is 3. The molecule has 0 unspecified atom stereocenters. The lowest BCUT2D eigenvalue weighted by molar-refractivity contribution is -0.111. The Morgan fingerprint density at radius 2 is 1.82 bits per heavy atom. The molecule has 0 atom stereocenters. The lowest BCUT2D eigenvalue weighted by Crippen LogP contribution is -2.11. The molecule has 0 spiro atoms. The van der Waals surface area contributed by atoms with E-state index in [-0.39, 0.29) is 18.2 Å². The molecule has 0 saturated heterocycles. The quantitative estimate of drug-likeness (QED) is 0.333. The van der Waals surface area contributed by atoms with Crippen LogP contribution in [0.1, 0.15) is 11.1 Å². The lowest BCUT2D eigenvalue weighted by Gasteiger charge is -2.09. The van der Waals surface area contributed by atoms with Crippen LogP contribution in [0.4, 0.5) is 17.1 Å². The maximum Gasteiger partial charge on any atom is 0.248 e. The zero-order chi connectivity index (χ0) is 16.1. The van der Waals surface area contributed by atoms with Crippen LogP contribution < -0.4 is 22.5 Å². The van der Waals surface area contributed by atoms with E-state index in [1.165, 1.54) is 18.2 Å². The van der Waals surface area contributed by atoms with Gasteiger partial charge in [0.2, 0.25) is 5.91 Å². The Morgan fingerprint density at radius 3 is 2.55 bits per heavy atom. The minimum absolute atomic E-state index is 0.0494. The number of amides is 1. The molecule has 1 amide bonds. The first kappa shape index (κ1) is 15.4. The predicted octanol–water partition coefficient (Wildman–Crippen LogP) is 1.67. The van der Waals surface area contributed by atoms with Crippen molar-refractivity contribution >= 4 is 29.0 Å². The van der Waals surface area contributed by atoms with Crippen molar-refractivity contribution in [1.82, 2.24) is 0 Å². The van der Waals surface area contributed by atoms with Crippen molar-refractivity contribution in [2.45, 2.75) is 6.54 Å². The van der Waals surface area contributed by atoms with Crippen LogP contribution in [0.3, 0.4) is 0 Å². The highest BCUT2D eigenvalue weighted by Crippen LogP contribution is 2.21. The van der Waals surface area contributed by atoms with Crippen LogP contribution in [0.15, 0.2) is 42.5 Å². The molecule has 0 fully saturated rings. The number of anilines is 3. The third kappa shape index (κ3) is 3.77. The number of hydrogen-bond acceptors (Lipinski definition) is 5. The number of hydrogen-bond donors (Lipinski definition) is 5. The molecule has 114 valence electrons. The number of benzene rings is 2. The Labute approximate surface area is 128 Å². The number of rotatable bonds is 4. The number of phenolic OH excluding ortho intramolecular Hbond substituents is 1. The second kappa shape index (κ2) is 6.64. The Hall–Kier alpha value is -2.99. The maximum absolute atomic E-state index is 12.0. The summed E-state index contributed by atoms with van der Waals surface area (Å²) in [5.74, 6) is -0.297. The molecule has 0 bridgehead atoms.